The number of aromatic amines is 1. The molecule has 0 fully saturated rings. The first kappa shape index (κ1) is 12.2. The van der Waals surface area contributed by atoms with E-state index in [2.05, 4.69) is 9.97 Å². The Morgan fingerprint density at radius 3 is 2.80 bits per heavy atom. The number of H-pyrrole nitrogens is 1. The average molecular weight is 250 g/mol. The van der Waals surface area contributed by atoms with Crippen LogP contribution in [0, 0.1) is 6.92 Å². The summed E-state index contributed by atoms with van der Waals surface area (Å²) >= 11 is 1.07. The van der Waals surface area contributed by atoms with Gasteiger partial charge in [-0.1, -0.05) is 11.8 Å². The highest BCUT2D eigenvalue weighted by Crippen LogP contribution is 2.10. The van der Waals surface area contributed by atoms with Crippen molar-refractivity contribution in [3.63, 3.8) is 0 Å². The molecule has 1 aromatic rings. The van der Waals surface area contributed by atoms with Crippen molar-refractivity contribution in [2.45, 2.75) is 12.1 Å². The van der Waals surface area contributed by atoms with Crippen LogP contribution in [0.3, 0.4) is 0 Å². The Labute approximate surface area is 90.9 Å². The van der Waals surface area contributed by atoms with Gasteiger partial charge in [0.1, 0.15) is 0 Å². The molecule has 0 aliphatic rings. The van der Waals surface area contributed by atoms with Crippen LogP contribution in [0.2, 0.25) is 0 Å². The number of thioether (sulfide) groups is 1. The molecule has 0 aliphatic carbocycles. The summed E-state index contributed by atoms with van der Waals surface area (Å²) in [7, 11) is -3.96. The van der Waals surface area contributed by atoms with Gasteiger partial charge in [-0.05, 0) is 6.92 Å². The molecule has 0 unspecified atom stereocenters. The average Bonchev–Trinajstić information content (AvgIpc) is 1.99. The van der Waals surface area contributed by atoms with E-state index in [9.17, 15) is 13.2 Å². The van der Waals surface area contributed by atoms with Gasteiger partial charge >= 0.3 is 0 Å². The monoisotopic (exact) mass is 250 g/mol. The zero-order valence-corrected chi connectivity index (χ0v) is 9.56. The van der Waals surface area contributed by atoms with E-state index in [1.807, 2.05) is 0 Å². The summed E-state index contributed by atoms with van der Waals surface area (Å²) < 4.78 is 29.3. The van der Waals surface area contributed by atoms with Gasteiger partial charge in [0.25, 0.3) is 15.7 Å². The molecule has 8 heteroatoms. The van der Waals surface area contributed by atoms with Crippen LogP contribution in [-0.4, -0.2) is 34.4 Å². The summed E-state index contributed by atoms with van der Waals surface area (Å²) in [5.74, 6) is -0.222. The minimum atomic E-state index is -3.96. The lowest BCUT2D eigenvalue weighted by Crippen LogP contribution is -2.10. The van der Waals surface area contributed by atoms with Crippen LogP contribution in [0.4, 0.5) is 0 Å². The number of nitrogens with zero attached hydrogens (tertiary/aromatic N) is 1. The Morgan fingerprint density at radius 2 is 2.27 bits per heavy atom. The lowest BCUT2D eigenvalue weighted by molar-refractivity contribution is 0.485. The summed E-state index contributed by atoms with van der Waals surface area (Å²) in [6.07, 6.45) is 0. The van der Waals surface area contributed by atoms with Crippen molar-refractivity contribution in [3.8, 4) is 0 Å². The van der Waals surface area contributed by atoms with Crippen LogP contribution >= 0.6 is 11.8 Å². The number of hydrogen-bond acceptors (Lipinski definition) is 5. The molecule has 1 heterocycles. The van der Waals surface area contributed by atoms with E-state index < -0.39 is 10.1 Å². The standard InChI is InChI=1S/C7H10N2O4S2/c1-5-4-6(10)9-7(8-5)14-2-3-15(11,12)13/h4H,2-3H2,1H3,(H,8,9,10)(H,11,12,13). The molecule has 0 spiro atoms. The number of aromatic nitrogens is 2. The quantitative estimate of drug-likeness (QED) is 0.445. The molecular weight excluding hydrogens is 240 g/mol. The molecule has 6 nitrogen and oxygen atoms in total. The van der Waals surface area contributed by atoms with Crippen LogP contribution in [0.5, 0.6) is 0 Å². The van der Waals surface area contributed by atoms with Gasteiger partial charge in [0.05, 0.1) is 5.75 Å². The molecular formula is C7H10N2O4S2. The van der Waals surface area contributed by atoms with Crippen molar-refractivity contribution in [2.24, 2.45) is 0 Å². The van der Waals surface area contributed by atoms with Crippen molar-refractivity contribution in [1.29, 1.82) is 0 Å². The summed E-state index contributed by atoms with van der Waals surface area (Å²) in [4.78, 5) is 17.4. The molecule has 0 atom stereocenters. The van der Waals surface area contributed by atoms with Crippen molar-refractivity contribution >= 4 is 21.9 Å². The molecule has 1 rings (SSSR count). The Balaban J connectivity index is 2.62. The van der Waals surface area contributed by atoms with E-state index >= 15 is 0 Å². The molecule has 0 amide bonds. The van der Waals surface area contributed by atoms with Crippen LogP contribution in [-0.2, 0) is 10.1 Å². The molecule has 0 bridgehead atoms. The second-order valence-corrected chi connectivity index (χ2v) is 5.48. The highest BCUT2D eigenvalue weighted by molar-refractivity contribution is 8.00. The van der Waals surface area contributed by atoms with Crippen LogP contribution in [0.15, 0.2) is 16.0 Å². The number of hydrogen-bond donors (Lipinski definition) is 2. The fraction of sp³-hybridized carbons (Fsp3) is 0.429. The van der Waals surface area contributed by atoms with Gasteiger partial charge < -0.3 is 4.98 Å². The van der Waals surface area contributed by atoms with E-state index in [-0.39, 0.29) is 17.1 Å². The van der Waals surface area contributed by atoms with Gasteiger partial charge in [0.2, 0.25) is 0 Å². The van der Waals surface area contributed by atoms with Crippen molar-refractivity contribution < 1.29 is 13.0 Å². The molecule has 1 aromatic heterocycles. The Kier molecular flexibility index (Phi) is 3.89. The lowest BCUT2D eigenvalue weighted by Gasteiger charge is -1.99. The number of rotatable bonds is 4. The van der Waals surface area contributed by atoms with Gasteiger partial charge in [-0.25, -0.2) is 4.98 Å². The summed E-state index contributed by atoms with van der Waals surface area (Å²) in [6.45, 7) is 1.67. The Bertz CT molecular complexity index is 494. The van der Waals surface area contributed by atoms with Gasteiger partial charge in [0.15, 0.2) is 5.16 Å². The normalized spacial score (nSPS) is 11.6. The second kappa shape index (κ2) is 4.77. The van der Waals surface area contributed by atoms with Gasteiger partial charge in [0, 0.05) is 17.5 Å². The number of aryl methyl sites for hydroxylation is 1. The van der Waals surface area contributed by atoms with Crippen molar-refractivity contribution in [1.82, 2.24) is 9.97 Å². The first-order chi connectivity index (χ1) is 6.87. The fourth-order valence-corrected chi connectivity index (χ4v) is 2.61. The molecule has 0 saturated carbocycles. The summed E-state index contributed by atoms with van der Waals surface area (Å²) in [6, 6.07) is 1.34. The fourth-order valence-electron chi connectivity index (χ4n) is 0.864. The molecule has 0 radical (unpaired) electrons. The Morgan fingerprint density at radius 1 is 1.60 bits per heavy atom. The van der Waals surface area contributed by atoms with Crippen molar-refractivity contribution in [2.75, 3.05) is 11.5 Å². The SMILES string of the molecule is Cc1cc(=O)[nH]c(SCCS(=O)(=O)O)n1. The maximum Gasteiger partial charge on any atom is 0.265 e. The maximum absolute atomic E-state index is 11.0. The molecule has 0 saturated heterocycles. The topological polar surface area (TPSA) is 100 Å². The van der Waals surface area contributed by atoms with Crippen LogP contribution in [0.25, 0.3) is 0 Å². The predicted molar refractivity (Wildman–Crippen MR) is 56.7 cm³/mol. The Hall–Kier alpha value is -0.860. The van der Waals surface area contributed by atoms with Crippen LogP contribution in [0.1, 0.15) is 5.69 Å². The number of nitrogens with one attached hydrogen (secondary N) is 1. The zero-order chi connectivity index (χ0) is 11.5. The third-order valence-electron chi connectivity index (χ3n) is 1.43. The first-order valence-corrected chi connectivity index (χ1v) is 6.62. The lowest BCUT2D eigenvalue weighted by atomic mass is 10.5. The minimum absolute atomic E-state index is 0.144. The maximum atomic E-state index is 11.0. The third-order valence-corrected chi connectivity index (χ3v) is 3.28. The minimum Gasteiger partial charge on any atom is -0.301 e. The predicted octanol–water partition coefficient (Wildman–Crippen LogP) is 0.0582. The largest absolute Gasteiger partial charge is 0.301 e. The second-order valence-electron chi connectivity index (χ2n) is 2.83. The summed E-state index contributed by atoms with van der Waals surface area (Å²) in [5, 5.41) is 0.351. The van der Waals surface area contributed by atoms with E-state index in [0.717, 1.165) is 11.8 Å². The molecule has 0 aromatic carbocycles. The summed E-state index contributed by atoms with van der Waals surface area (Å²) in [5.41, 5.74) is 0.282. The van der Waals surface area contributed by atoms with Crippen molar-refractivity contribution in [3.05, 3.63) is 22.1 Å². The third kappa shape index (κ3) is 4.96. The van der Waals surface area contributed by atoms with E-state index in [1.165, 1.54) is 6.07 Å². The molecule has 15 heavy (non-hydrogen) atoms. The highest BCUT2D eigenvalue weighted by atomic mass is 32.2. The van der Waals surface area contributed by atoms with E-state index in [4.69, 9.17) is 4.55 Å². The van der Waals surface area contributed by atoms with Gasteiger partial charge in [-0.2, -0.15) is 8.42 Å². The smallest absolute Gasteiger partial charge is 0.265 e. The first-order valence-electron chi connectivity index (χ1n) is 4.03. The molecule has 2 N–H and O–H groups in total. The van der Waals surface area contributed by atoms with Crippen LogP contribution < -0.4 is 5.56 Å². The van der Waals surface area contributed by atoms with Gasteiger partial charge in [-0.3, -0.25) is 9.35 Å². The highest BCUT2D eigenvalue weighted by Gasteiger charge is 2.05. The van der Waals surface area contributed by atoms with E-state index in [0.29, 0.717) is 10.9 Å². The van der Waals surface area contributed by atoms with Gasteiger partial charge in [-0.15, -0.1) is 0 Å². The zero-order valence-electron chi connectivity index (χ0n) is 7.93. The van der Waals surface area contributed by atoms with E-state index in [1.54, 1.807) is 6.92 Å². The molecule has 84 valence electrons. The molecule has 0 aliphatic heterocycles.